The van der Waals surface area contributed by atoms with E-state index in [0.717, 1.165) is 19.1 Å². The summed E-state index contributed by atoms with van der Waals surface area (Å²) in [4.78, 5) is 25.3. The third-order valence-electron chi connectivity index (χ3n) is 6.28. The first kappa shape index (κ1) is 23.6. The summed E-state index contributed by atoms with van der Waals surface area (Å²) in [6.45, 7) is 3.43. The first-order valence-corrected chi connectivity index (χ1v) is 10.7. The van der Waals surface area contributed by atoms with E-state index < -0.39 is 35.7 Å². The molecule has 4 heterocycles. The Labute approximate surface area is 201 Å². The van der Waals surface area contributed by atoms with Crippen LogP contribution in [0.3, 0.4) is 0 Å². The van der Waals surface area contributed by atoms with Crippen LogP contribution >= 0.6 is 0 Å². The van der Waals surface area contributed by atoms with Crippen molar-refractivity contribution in [1.29, 1.82) is 0 Å². The van der Waals surface area contributed by atoms with Gasteiger partial charge in [-0.15, -0.1) is 0 Å². The second kappa shape index (κ2) is 7.97. The molecule has 1 aromatic carbocycles. The average Bonchev–Trinajstić information content (AvgIpc) is 3.27. The highest BCUT2D eigenvalue weighted by Gasteiger charge is 2.63. The fraction of sp³-hybridized carbons (Fsp3) is 0.250. The Morgan fingerprint density at radius 1 is 1.03 bits per heavy atom. The molecule has 7 nitrogen and oxygen atoms in total. The van der Waals surface area contributed by atoms with Gasteiger partial charge < -0.3 is 10.1 Å². The van der Waals surface area contributed by atoms with Crippen LogP contribution in [0, 0.1) is 25.5 Å². The number of alkyl halides is 3. The van der Waals surface area contributed by atoms with Crippen LogP contribution in [0.5, 0.6) is 5.75 Å². The highest BCUT2D eigenvalue weighted by molar-refractivity contribution is 6.06. The Hall–Kier alpha value is -4.09. The molecule has 12 heteroatoms. The van der Waals surface area contributed by atoms with Gasteiger partial charge in [0.1, 0.15) is 29.8 Å². The van der Waals surface area contributed by atoms with Gasteiger partial charge in [-0.1, -0.05) is 6.07 Å². The molecule has 1 amide bonds. The molecule has 0 aliphatic carbocycles. The normalized spacial score (nSPS) is 17.4. The Balaban J connectivity index is 1.58. The molecule has 1 atom stereocenters. The van der Waals surface area contributed by atoms with Gasteiger partial charge in [0.2, 0.25) is 5.91 Å². The monoisotopic (exact) mass is 503 g/mol. The number of hydrogen-bond donors (Lipinski definition) is 1. The lowest BCUT2D eigenvalue weighted by molar-refractivity contribution is -0.186. The molecule has 186 valence electrons. The quantitative estimate of drug-likeness (QED) is 0.395. The Morgan fingerprint density at radius 3 is 2.39 bits per heavy atom. The molecule has 1 N–H and O–H groups in total. The number of aromatic nitrogens is 4. The maximum absolute atomic E-state index is 14.0. The lowest BCUT2D eigenvalue weighted by Gasteiger charge is -2.25. The van der Waals surface area contributed by atoms with E-state index in [-0.39, 0.29) is 39.9 Å². The summed E-state index contributed by atoms with van der Waals surface area (Å²) in [5.74, 6) is -2.70. The topological polar surface area (TPSA) is 81.4 Å². The molecule has 3 aromatic heterocycles. The van der Waals surface area contributed by atoms with Crippen molar-refractivity contribution < 1.29 is 31.5 Å². The summed E-state index contributed by atoms with van der Waals surface area (Å²) in [5.41, 5.74) is -2.30. The number of aryl methyl sites for hydroxylation is 2. The van der Waals surface area contributed by atoms with E-state index in [0.29, 0.717) is 11.4 Å². The highest BCUT2D eigenvalue weighted by Crippen LogP contribution is 2.49. The number of rotatable bonds is 4. The maximum Gasteiger partial charge on any atom is 0.407 e. The van der Waals surface area contributed by atoms with Crippen molar-refractivity contribution in [3.63, 3.8) is 0 Å². The molecular weight excluding hydrogens is 485 g/mol. The van der Waals surface area contributed by atoms with Crippen molar-refractivity contribution in [1.82, 2.24) is 19.4 Å². The van der Waals surface area contributed by atoms with Crippen molar-refractivity contribution in [2.75, 3.05) is 5.32 Å². The molecule has 36 heavy (non-hydrogen) atoms. The van der Waals surface area contributed by atoms with Gasteiger partial charge in [0.05, 0.1) is 11.3 Å². The minimum atomic E-state index is -4.85. The van der Waals surface area contributed by atoms with E-state index in [2.05, 4.69) is 20.3 Å². The van der Waals surface area contributed by atoms with Gasteiger partial charge in [-0.25, -0.2) is 23.7 Å². The lowest BCUT2D eigenvalue weighted by atomic mass is 9.83. The highest BCUT2D eigenvalue weighted by atomic mass is 19.4. The molecule has 1 aliphatic heterocycles. The summed E-state index contributed by atoms with van der Waals surface area (Å²) in [6, 6.07) is 6.66. The Bertz CT molecular complexity index is 1530. The van der Waals surface area contributed by atoms with Crippen LogP contribution in [0.15, 0.2) is 36.5 Å². The third-order valence-corrected chi connectivity index (χ3v) is 6.28. The number of fused-ring (bicyclic) bond motifs is 2. The number of ether oxygens (including phenoxy) is 1. The van der Waals surface area contributed by atoms with Crippen LogP contribution in [0.25, 0.3) is 17.2 Å². The molecule has 0 saturated heterocycles. The predicted octanol–water partition coefficient (Wildman–Crippen LogP) is 5.04. The molecule has 1 aliphatic rings. The van der Waals surface area contributed by atoms with Gasteiger partial charge in [-0.2, -0.15) is 13.2 Å². The Kier molecular flexibility index (Phi) is 5.23. The number of carbonyl (C=O) groups is 1. The fourth-order valence-corrected chi connectivity index (χ4v) is 4.34. The van der Waals surface area contributed by atoms with Crippen molar-refractivity contribution >= 4 is 17.4 Å². The molecule has 0 spiro atoms. The summed E-state index contributed by atoms with van der Waals surface area (Å²) in [6.07, 6.45) is -3.23. The fourth-order valence-electron chi connectivity index (χ4n) is 4.34. The van der Waals surface area contributed by atoms with Crippen molar-refractivity contribution in [3.8, 4) is 17.3 Å². The van der Waals surface area contributed by atoms with E-state index in [1.165, 1.54) is 13.0 Å². The van der Waals surface area contributed by atoms with Gasteiger partial charge in [-0.05, 0) is 45.0 Å². The summed E-state index contributed by atoms with van der Waals surface area (Å²) < 4.78 is 76.6. The molecule has 0 saturated carbocycles. The molecule has 0 fully saturated rings. The molecule has 1 unspecified atom stereocenters. The number of imidazole rings is 1. The van der Waals surface area contributed by atoms with Crippen LogP contribution in [-0.2, 0) is 16.8 Å². The number of carbonyl (C=O) groups excluding carboxylic acids is 1. The summed E-state index contributed by atoms with van der Waals surface area (Å²) >= 11 is 0. The largest absolute Gasteiger partial charge is 0.485 e. The van der Waals surface area contributed by atoms with E-state index in [9.17, 15) is 26.7 Å². The zero-order valence-electron chi connectivity index (χ0n) is 19.2. The molecule has 0 radical (unpaired) electrons. The van der Waals surface area contributed by atoms with Gasteiger partial charge in [-0.3, -0.25) is 9.20 Å². The zero-order valence-corrected chi connectivity index (χ0v) is 19.2. The van der Waals surface area contributed by atoms with Crippen LogP contribution < -0.4 is 10.1 Å². The molecule has 0 bridgehead atoms. The number of hydrogen-bond acceptors (Lipinski definition) is 5. The van der Waals surface area contributed by atoms with E-state index in [1.54, 1.807) is 29.7 Å². The van der Waals surface area contributed by atoms with Crippen LogP contribution in [-0.4, -0.2) is 31.4 Å². The predicted molar refractivity (Wildman–Crippen MR) is 118 cm³/mol. The minimum absolute atomic E-state index is 0.00930. The Morgan fingerprint density at radius 2 is 1.72 bits per heavy atom. The number of anilines is 1. The van der Waals surface area contributed by atoms with Crippen molar-refractivity contribution in [2.45, 2.75) is 39.0 Å². The van der Waals surface area contributed by atoms with E-state index in [4.69, 9.17) is 4.74 Å². The number of halogens is 5. The second-order valence-corrected chi connectivity index (χ2v) is 8.53. The molecular formula is C24H18F5N5O2. The number of pyridine rings is 1. The van der Waals surface area contributed by atoms with Crippen molar-refractivity contribution in [3.05, 3.63) is 70.7 Å². The second-order valence-electron chi connectivity index (χ2n) is 8.53. The number of amides is 1. The van der Waals surface area contributed by atoms with Crippen molar-refractivity contribution in [2.24, 2.45) is 0 Å². The standard InChI is InChI=1S/C24H18F5N5O2/c1-11-17-19(33-22(35)23(17,3)24(27,28)29)32-20(30-11)18-12(2)31-21-16(8-5-9-34(18)21)36-10-13-14(25)6-4-7-15(13)26/h4-9H,10H2,1-3H3,(H,30,32,33,35). The first-order chi connectivity index (χ1) is 16.9. The smallest absolute Gasteiger partial charge is 0.407 e. The SMILES string of the molecule is Cc1nc(-c2c(C)nc3c(OCc4c(F)cccc4F)cccn23)nc2c1C(C)(C(F)(F)F)C(=O)N2. The number of nitrogens with one attached hydrogen (secondary N) is 1. The van der Waals surface area contributed by atoms with Crippen LogP contribution in [0.4, 0.5) is 27.8 Å². The third kappa shape index (κ3) is 3.39. The summed E-state index contributed by atoms with van der Waals surface area (Å²) in [5, 5.41) is 2.23. The lowest BCUT2D eigenvalue weighted by Crippen LogP contribution is -2.45. The van der Waals surface area contributed by atoms with E-state index >= 15 is 0 Å². The van der Waals surface area contributed by atoms with Crippen LogP contribution in [0.2, 0.25) is 0 Å². The number of nitrogens with zero attached hydrogens (tertiary/aromatic N) is 4. The zero-order chi connectivity index (χ0) is 26.0. The van der Waals surface area contributed by atoms with Crippen LogP contribution in [0.1, 0.15) is 29.4 Å². The average molecular weight is 503 g/mol. The minimum Gasteiger partial charge on any atom is -0.485 e. The molecule has 5 rings (SSSR count). The van der Waals surface area contributed by atoms with Gasteiger partial charge in [0.15, 0.2) is 22.6 Å². The number of benzene rings is 1. The van der Waals surface area contributed by atoms with Gasteiger partial charge in [0, 0.05) is 17.5 Å². The van der Waals surface area contributed by atoms with Gasteiger partial charge in [0.25, 0.3) is 0 Å². The molecule has 4 aromatic rings. The summed E-state index contributed by atoms with van der Waals surface area (Å²) in [7, 11) is 0. The first-order valence-electron chi connectivity index (χ1n) is 10.7. The maximum atomic E-state index is 14.0. The van der Waals surface area contributed by atoms with E-state index in [1.807, 2.05) is 0 Å². The van der Waals surface area contributed by atoms with Gasteiger partial charge >= 0.3 is 6.18 Å².